The largest absolute Gasteiger partial charge is 0.426 e. The number of nitrogens with zero attached hydrogens (tertiary/aromatic N) is 1. The van der Waals surface area contributed by atoms with Crippen LogP contribution in [0.15, 0.2) is 17.1 Å². The van der Waals surface area contributed by atoms with Crippen LogP contribution in [0.3, 0.4) is 0 Å². The van der Waals surface area contributed by atoms with Crippen LogP contribution in [0.5, 0.6) is 5.75 Å². The molecule has 11 heteroatoms. The van der Waals surface area contributed by atoms with Crippen molar-refractivity contribution in [3.63, 3.8) is 0 Å². The molecular weight excluding hydrogens is 506 g/mol. The molecule has 0 saturated heterocycles. The molecule has 2 atom stereocenters. The fourth-order valence-corrected chi connectivity index (χ4v) is 5.04. The molecule has 8 nitrogen and oxygen atoms in total. The van der Waals surface area contributed by atoms with E-state index in [2.05, 4.69) is 25.8 Å². The van der Waals surface area contributed by atoms with E-state index in [1.165, 1.54) is 10.8 Å². The highest BCUT2D eigenvalue weighted by molar-refractivity contribution is 7.71. The normalized spacial score (nSPS) is 16.8. The highest BCUT2D eigenvalue weighted by Gasteiger charge is 2.35. The number of H-pyrrole nitrogens is 1. The minimum Gasteiger partial charge on any atom is -0.426 e. The molecule has 36 heavy (non-hydrogen) atoms. The van der Waals surface area contributed by atoms with Gasteiger partial charge in [0.2, 0.25) is 0 Å². The van der Waals surface area contributed by atoms with E-state index in [0.29, 0.717) is 29.6 Å². The molecule has 1 aliphatic heterocycles. The van der Waals surface area contributed by atoms with Crippen LogP contribution in [-0.2, 0) is 37.8 Å². The minimum absolute atomic E-state index is 0.0463. The molecule has 0 saturated carbocycles. The maximum atomic E-state index is 15.4. The lowest BCUT2D eigenvalue weighted by Gasteiger charge is -2.33. The Morgan fingerprint density at radius 1 is 1.25 bits per heavy atom. The molecule has 1 aromatic carbocycles. The summed E-state index contributed by atoms with van der Waals surface area (Å²) in [4.78, 5) is 25.8. The zero-order chi connectivity index (χ0) is 26.8. The van der Waals surface area contributed by atoms with Crippen LogP contribution in [0.4, 0.5) is 4.39 Å². The second kappa shape index (κ2) is 11.2. The fraction of sp³-hybridized carbons (Fsp3) is 0.560. The molecule has 0 aliphatic carbocycles. The predicted molar refractivity (Wildman–Crippen MR) is 139 cm³/mol. The van der Waals surface area contributed by atoms with Crippen LogP contribution < -0.4 is 10.2 Å². The summed E-state index contributed by atoms with van der Waals surface area (Å²) >= 11 is 4.97. The predicted octanol–water partition coefficient (Wildman–Crippen LogP) is 5.71. The van der Waals surface area contributed by atoms with E-state index in [1.54, 1.807) is 7.11 Å². The molecule has 0 fully saturated rings. The number of benzene rings is 1. The lowest BCUT2D eigenvalue weighted by molar-refractivity contribution is 0.0396. The molecule has 1 aromatic heterocycles. The van der Waals surface area contributed by atoms with Crippen LogP contribution in [0, 0.1) is 10.5 Å². The topological polar surface area (TPSA) is 91.8 Å². The van der Waals surface area contributed by atoms with Crippen LogP contribution in [0.1, 0.15) is 75.0 Å². The van der Waals surface area contributed by atoms with Crippen molar-refractivity contribution < 1.29 is 27.5 Å². The minimum atomic E-state index is -1.77. The number of nitrogens with one attached hydrogen (secondary N) is 1. The molecule has 198 valence electrons. The fourth-order valence-electron chi connectivity index (χ4n) is 3.79. The van der Waals surface area contributed by atoms with Gasteiger partial charge in [-0.3, -0.25) is 23.4 Å². The Kier molecular flexibility index (Phi) is 8.89. The van der Waals surface area contributed by atoms with Crippen molar-refractivity contribution >= 4 is 27.1 Å². The van der Waals surface area contributed by atoms with Crippen molar-refractivity contribution in [2.75, 3.05) is 13.7 Å². The summed E-state index contributed by atoms with van der Waals surface area (Å²) < 4.78 is 40.1. The first-order valence-corrected chi connectivity index (χ1v) is 13.2. The average molecular weight is 541 g/mol. The SMILES string of the molecule is COC(CCn1cc(C=O)c(=S)[nH]c1=O)COP1OCc2c(F)c(C(C)(C)C)cc(C(C)(C)C)c2O1. The summed E-state index contributed by atoms with van der Waals surface area (Å²) in [6, 6.07) is 1.89. The van der Waals surface area contributed by atoms with Crippen LogP contribution in [0.25, 0.3) is 0 Å². The Bertz CT molecular complexity index is 1230. The van der Waals surface area contributed by atoms with Crippen LogP contribution >= 0.6 is 20.8 Å². The number of aryl methyl sites for hydroxylation is 1. The maximum Gasteiger partial charge on any atom is 0.397 e. The number of carbonyl (C=O) groups excluding carboxylic acids is 1. The monoisotopic (exact) mass is 540 g/mol. The summed E-state index contributed by atoms with van der Waals surface area (Å²) in [6.45, 7) is 12.6. The number of ether oxygens (including phenoxy) is 1. The van der Waals surface area contributed by atoms with E-state index in [4.69, 9.17) is 30.5 Å². The summed E-state index contributed by atoms with van der Waals surface area (Å²) in [5, 5.41) is 0. The van der Waals surface area contributed by atoms with E-state index in [-0.39, 0.29) is 52.7 Å². The van der Waals surface area contributed by atoms with Gasteiger partial charge in [-0.05, 0) is 28.9 Å². The first kappa shape index (κ1) is 28.6. The number of hydrogen-bond acceptors (Lipinski definition) is 7. The third-order valence-corrected chi connectivity index (χ3v) is 7.33. The first-order chi connectivity index (χ1) is 16.8. The Labute approximate surface area is 217 Å². The van der Waals surface area contributed by atoms with E-state index >= 15 is 4.39 Å². The highest BCUT2D eigenvalue weighted by atomic mass is 32.1. The second-order valence-corrected chi connectivity index (χ2v) is 12.3. The molecular formula is C25H34FN2O6PS. The first-order valence-electron chi connectivity index (χ1n) is 11.7. The second-order valence-electron chi connectivity index (χ2n) is 10.8. The molecule has 0 radical (unpaired) electrons. The van der Waals surface area contributed by atoms with Crippen molar-refractivity contribution in [3.05, 3.63) is 55.5 Å². The van der Waals surface area contributed by atoms with E-state index in [0.717, 1.165) is 5.56 Å². The van der Waals surface area contributed by atoms with Gasteiger partial charge in [0.1, 0.15) is 16.2 Å². The molecule has 1 N–H and O–H groups in total. The number of hydrogen-bond donors (Lipinski definition) is 1. The van der Waals surface area contributed by atoms with Gasteiger partial charge in [-0.2, -0.15) is 0 Å². The van der Waals surface area contributed by atoms with Gasteiger partial charge < -0.3 is 9.26 Å². The molecule has 2 heterocycles. The van der Waals surface area contributed by atoms with Gasteiger partial charge in [0.25, 0.3) is 0 Å². The molecule has 0 amide bonds. The van der Waals surface area contributed by atoms with Gasteiger partial charge in [0.15, 0.2) is 6.29 Å². The smallest absolute Gasteiger partial charge is 0.397 e. The number of methoxy groups -OCH3 is 1. The lowest BCUT2D eigenvalue weighted by atomic mass is 9.78. The van der Waals surface area contributed by atoms with Gasteiger partial charge >= 0.3 is 14.3 Å². The van der Waals surface area contributed by atoms with Gasteiger partial charge in [0.05, 0.1) is 30.4 Å². The Balaban J connectivity index is 1.72. The van der Waals surface area contributed by atoms with E-state index in [1.807, 2.05) is 26.8 Å². The third-order valence-electron chi connectivity index (χ3n) is 5.96. The number of aldehydes is 1. The average Bonchev–Trinajstić information content (AvgIpc) is 2.78. The van der Waals surface area contributed by atoms with E-state index in [9.17, 15) is 9.59 Å². The van der Waals surface area contributed by atoms with Crippen molar-refractivity contribution in [3.8, 4) is 5.75 Å². The number of carbonyl (C=O) groups is 1. The molecule has 0 bridgehead atoms. The van der Waals surface area contributed by atoms with Gasteiger partial charge in [-0.1, -0.05) is 53.8 Å². The lowest BCUT2D eigenvalue weighted by Crippen LogP contribution is -2.27. The van der Waals surface area contributed by atoms with Gasteiger partial charge in [-0.25, -0.2) is 9.18 Å². The van der Waals surface area contributed by atoms with Crippen molar-refractivity contribution in [2.45, 2.75) is 78.0 Å². The Morgan fingerprint density at radius 2 is 1.92 bits per heavy atom. The van der Waals surface area contributed by atoms with E-state index < -0.39 is 14.3 Å². The molecule has 1 aliphatic rings. The van der Waals surface area contributed by atoms with Gasteiger partial charge in [-0.15, -0.1) is 0 Å². The Hall–Kier alpha value is -1.97. The number of halogens is 1. The number of aromatic nitrogens is 2. The zero-order valence-corrected chi connectivity index (χ0v) is 23.5. The summed E-state index contributed by atoms with van der Waals surface area (Å²) in [5.74, 6) is 0.170. The molecule has 3 rings (SSSR count). The zero-order valence-electron chi connectivity index (χ0n) is 21.8. The van der Waals surface area contributed by atoms with Gasteiger partial charge in [0, 0.05) is 25.4 Å². The van der Waals surface area contributed by atoms with Crippen LogP contribution in [0.2, 0.25) is 0 Å². The van der Waals surface area contributed by atoms with Crippen LogP contribution in [-0.4, -0.2) is 35.7 Å². The summed E-state index contributed by atoms with van der Waals surface area (Å²) in [7, 11) is -0.235. The number of aromatic amines is 1. The van der Waals surface area contributed by atoms with Crippen molar-refractivity contribution in [2.24, 2.45) is 0 Å². The Morgan fingerprint density at radius 3 is 2.50 bits per heavy atom. The summed E-state index contributed by atoms with van der Waals surface area (Å²) in [6.07, 6.45) is 2.07. The number of rotatable bonds is 8. The highest BCUT2D eigenvalue weighted by Crippen LogP contribution is 2.52. The molecule has 0 spiro atoms. The third kappa shape index (κ3) is 6.47. The maximum absolute atomic E-state index is 15.4. The quantitative estimate of drug-likeness (QED) is 0.261. The molecule has 2 unspecified atom stereocenters. The summed E-state index contributed by atoms with van der Waals surface area (Å²) in [5.41, 5.74) is 1.10. The van der Waals surface area contributed by atoms with Crippen molar-refractivity contribution in [1.82, 2.24) is 9.55 Å². The number of fused-ring (bicyclic) bond motifs is 1. The standard InChI is InChI=1S/C25H34FN2O6PS/c1-24(2,3)18-10-19(25(4,5)6)21-17(20(18)26)14-33-35(34-21)32-13-16(31-7)8-9-28-11-15(12-29)22(36)27-23(28)30/h10-12,16H,8-9,13-14H2,1-7H3,(H,27,30,36). The van der Waals surface area contributed by atoms with Crippen molar-refractivity contribution in [1.29, 1.82) is 0 Å². The molecule has 2 aromatic rings.